The Balaban J connectivity index is 2.36. The SMILES string of the molecule is Nc1cccn(Cc2ccccc2CC(=O)O)c1=O. The summed E-state index contributed by atoms with van der Waals surface area (Å²) >= 11 is 0. The Hall–Kier alpha value is -2.56. The second-order valence-corrected chi connectivity index (χ2v) is 4.24. The molecule has 19 heavy (non-hydrogen) atoms. The van der Waals surface area contributed by atoms with Crippen LogP contribution in [0.4, 0.5) is 5.69 Å². The zero-order valence-corrected chi connectivity index (χ0v) is 10.2. The highest BCUT2D eigenvalue weighted by Gasteiger charge is 2.08. The van der Waals surface area contributed by atoms with Crippen molar-refractivity contribution in [3.05, 3.63) is 64.1 Å². The third-order valence-electron chi connectivity index (χ3n) is 2.85. The van der Waals surface area contributed by atoms with Crippen molar-refractivity contribution < 1.29 is 9.90 Å². The number of aliphatic carboxylic acids is 1. The Morgan fingerprint density at radius 3 is 2.53 bits per heavy atom. The first-order chi connectivity index (χ1) is 9.08. The molecule has 5 heteroatoms. The van der Waals surface area contributed by atoms with E-state index in [-0.39, 0.29) is 17.7 Å². The third kappa shape index (κ3) is 3.01. The highest BCUT2D eigenvalue weighted by atomic mass is 16.4. The van der Waals surface area contributed by atoms with Gasteiger partial charge < -0.3 is 15.4 Å². The van der Waals surface area contributed by atoms with E-state index in [2.05, 4.69) is 0 Å². The van der Waals surface area contributed by atoms with Gasteiger partial charge in [0.05, 0.1) is 18.7 Å². The van der Waals surface area contributed by atoms with Crippen molar-refractivity contribution in [2.75, 3.05) is 5.73 Å². The van der Waals surface area contributed by atoms with Crippen LogP contribution in [0.2, 0.25) is 0 Å². The number of pyridine rings is 1. The van der Waals surface area contributed by atoms with E-state index in [0.717, 1.165) is 5.56 Å². The molecule has 0 aliphatic heterocycles. The molecule has 0 radical (unpaired) electrons. The fraction of sp³-hybridized carbons (Fsp3) is 0.143. The average molecular weight is 258 g/mol. The van der Waals surface area contributed by atoms with Gasteiger partial charge in [-0.3, -0.25) is 9.59 Å². The summed E-state index contributed by atoms with van der Waals surface area (Å²) in [6.45, 7) is 0.313. The number of carbonyl (C=O) groups is 1. The molecule has 5 nitrogen and oxygen atoms in total. The van der Waals surface area contributed by atoms with Crippen LogP contribution in [0.15, 0.2) is 47.4 Å². The van der Waals surface area contributed by atoms with Crippen molar-refractivity contribution in [3.8, 4) is 0 Å². The number of nitrogen functional groups attached to an aromatic ring is 1. The summed E-state index contributed by atoms with van der Waals surface area (Å²) in [6.07, 6.45) is 1.57. The Bertz CT molecular complexity index is 662. The van der Waals surface area contributed by atoms with Crippen LogP contribution in [-0.4, -0.2) is 15.6 Å². The Morgan fingerprint density at radius 1 is 1.16 bits per heavy atom. The quantitative estimate of drug-likeness (QED) is 0.860. The molecule has 2 rings (SSSR count). The van der Waals surface area contributed by atoms with Crippen LogP contribution >= 0.6 is 0 Å². The summed E-state index contributed by atoms with van der Waals surface area (Å²) in [5.74, 6) is -0.896. The predicted molar refractivity (Wildman–Crippen MR) is 72.0 cm³/mol. The van der Waals surface area contributed by atoms with E-state index in [0.29, 0.717) is 12.1 Å². The van der Waals surface area contributed by atoms with E-state index in [4.69, 9.17) is 10.8 Å². The molecule has 1 heterocycles. The van der Waals surface area contributed by atoms with Crippen molar-refractivity contribution in [2.24, 2.45) is 0 Å². The van der Waals surface area contributed by atoms with Gasteiger partial charge in [-0.15, -0.1) is 0 Å². The molecule has 0 saturated heterocycles. The van der Waals surface area contributed by atoms with Gasteiger partial charge >= 0.3 is 5.97 Å². The number of carboxylic acid groups (broad SMARTS) is 1. The molecule has 0 saturated carbocycles. The Labute approximate surface area is 109 Å². The lowest BCUT2D eigenvalue weighted by molar-refractivity contribution is -0.136. The number of benzene rings is 1. The lowest BCUT2D eigenvalue weighted by Gasteiger charge is -2.10. The minimum Gasteiger partial charge on any atom is -0.481 e. The van der Waals surface area contributed by atoms with Crippen LogP contribution in [-0.2, 0) is 17.8 Å². The van der Waals surface area contributed by atoms with Crippen LogP contribution < -0.4 is 11.3 Å². The van der Waals surface area contributed by atoms with Crippen LogP contribution in [0.1, 0.15) is 11.1 Å². The summed E-state index contributed by atoms with van der Waals surface area (Å²) in [5, 5.41) is 8.87. The first kappa shape index (κ1) is 12.9. The van der Waals surface area contributed by atoms with Crippen molar-refractivity contribution in [1.29, 1.82) is 0 Å². The van der Waals surface area contributed by atoms with Gasteiger partial charge in [0, 0.05) is 6.20 Å². The van der Waals surface area contributed by atoms with Crippen LogP contribution in [0.25, 0.3) is 0 Å². The number of carboxylic acids is 1. The average Bonchev–Trinajstić information content (AvgIpc) is 2.36. The van der Waals surface area contributed by atoms with Gasteiger partial charge in [-0.1, -0.05) is 24.3 Å². The molecular formula is C14H14N2O3. The van der Waals surface area contributed by atoms with E-state index in [1.54, 1.807) is 30.5 Å². The maximum absolute atomic E-state index is 11.8. The lowest BCUT2D eigenvalue weighted by atomic mass is 10.0. The smallest absolute Gasteiger partial charge is 0.307 e. The highest BCUT2D eigenvalue weighted by Crippen LogP contribution is 2.11. The molecule has 0 spiro atoms. The predicted octanol–water partition coefficient (Wildman–Crippen LogP) is 1.11. The maximum Gasteiger partial charge on any atom is 0.307 e. The largest absolute Gasteiger partial charge is 0.481 e. The second-order valence-electron chi connectivity index (χ2n) is 4.24. The van der Waals surface area contributed by atoms with Gasteiger partial charge in [0.15, 0.2) is 0 Å². The van der Waals surface area contributed by atoms with Crippen LogP contribution in [0.3, 0.4) is 0 Å². The Morgan fingerprint density at radius 2 is 1.84 bits per heavy atom. The number of aromatic nitrogens is 1. The van der Waals surface area contributed by atoms with Crippen LogP contribution in [0.5, 0.6) is 0 Å². The number of hydrogen-bond donors (Lipinski definition) is 2. The molecule has 1 aromatic heterocycles. The van der Waals surface area contributed by atoms with Gasteiger partial charge in [-0.2, -0.15) is 0 Å². The van der Waals surface area contributed by atoms with Crippen molar-refractivity contribution in [2.45, 2.75) is 13.0 Å². The molecule has 0 atom stereocenters. The molecule has 98 valence electrons. The standard InChI is InChI=1S/C14H14N2O3/c15-12-6-3-7-16(14(12)19)9-11-5-2-1-4-10(11)8-13(17)18/h1-7H,8-9,15H2,(H,17,18). The first-order valence-corrected chi connectivity index (χ1v) is 5.81. The topological polar surface area (TPSA) is 85.3 Å². The molecular weight excluding hydrogens is 244 g/mol. The number of nitrogens with two attached hydrogens (primary N) is 1. The maximum atomic E-state index is 11.8. The molecule has 0 aliphatic rings. The normalized spacial score (nSPS) is 10.3. The van der Waals surface area contributed by atoms with E-state index in [1.165, 1.54) is 4.57 Å². The van der Waals surface area contributed by atoms with E-state index >= 15 is 0 Å². The fourth-order valence-corrected chi connectivity index (χ4v) is 1.91. The molecule has 3 N–H and O–H groups in total. The fourth-order valence-electron chi connectivity index (χ4n) is 1.91. The monoisotopic (exact) mass is 258 g/mol. The molecule has 0 fully saturated rings. The molecule has 2 aromatic rings. The van der Waals surface area contributed by atoms with Crippen molar-refractivity contribution >= 4 is 11.7 Å². The summed E-state index contributed by atoms with van der Waals surface area (Å²) in [5.41, 5.74) is 6.98. The minimum atomic E-state index is -0.896. The summed E-state index contributed by atoms with van der Waals surface area (Å²) in [4.78, 5) is 22.6. The number of anilines is 1. The van der Waals surface area contributed by atoms with Gasteiger partial charge in [0.2, 0.25) is 0 Å². The lowest BCUT2D eigenvalue weighted by Crippen LogP contribution is -2.23. The highest BCUT2D eigenvalue weighted by molar-refractivity contribution is 5.70. The first-order valence-electron chi connectivity index (χ1n) is 5.81. The van der Waals surface area contributed by atoms with E-state index < -0.39 is 5.97 Å². The van der Waals surface area contributed by atoms with Crippen LogP contribution in [0, 0.1) is 0 Å². The molecule has 0 bridgehead atoms. The summed E-state index contributed by atoms with van der Waals surface area (Å²) in [7, 11) is 0. The number of nitrogens with zero attached hydrogens (tertiary/aromatic N) is 1. The van der Waals surface area contributed by atoms with Crippen molar-refractivity contribution in [3.63, 3.8) is 0 Å². The second kappa shape index (κ2) is 5.39. The number of hydrogen-bond acceptors (Lipinski definition) is 3. The Kier molecular flexibility index (Phi) is 3.66. The summed E-state index contributed by atoms with van der Waals surface area (Å²) in [6, 6.07) is 10.4. The molecule has 0 aliphatic carbocycles. The zero-order chi connectivity index (χ0) is 13.8. The molecule has 0 amide bonds. The summed E-state index contributed by atoms with van der Waals surface area (Å²) < 4.78 is 1.47. The number of rotatable bonds is 4. The third-order valence-corrected chi connectivity index (χ3v) is 2.85. The zero-order valence-electron chi connectivity index (χ0n) is 10.2. The van der Waals surface area contributed by atoms with E-state index in [9.17, 15) is 9.59 Å². The molecule has 0 unspecified atom stereocenters. The minimum absolute atomic E-state index is 0.0623. The van der Waals surface area contributed by atoms with Gasteiger partial charge in [-0.25, -0.2) is 0 Å². The van der Waals surface area contributed by atoms with E-state index in [1.807, 2.05) is 12.1 Å². The van der Waals surface area contributed by atoms with Crippen molar-refractivity contribution in [1.82, 2.24) is 4.57 Å². The van der Waals surface area contributed by atoms with Gasteiger partial charge in [-0.05, 0) is 23.3 Å². The molecule has 1 aromatic carbocycles. The van der Waals surface area contributed by atoms with Gasteiger partial charge in [0.25, 0.3) is 5.56 Å². The van der Waals surface area contributed by atoms with Gasteiger partial charge in [0.1, 0.15) is 0 Å².